The predicted octanol–water partition coefficient (Wildman–Crippen LogP) is 3.96. The quantitative estimate of drug-likeness (QED) is 0.541. The van der Waals surface area contributed by atoms with Gasteiger partial charge in [-0.05, 0) is 0 Å². The summed E-state index contributed by atoms with van der Waals surface area (Å²) < 4.78 is 92.1. The molecular weight excluding hydrogens is 283 g/mol. The highest BCUT2D eigenvalue weighted by Crippen LogP contribution is 2.54. The molecule has 0 aliphatic heterocycles. The first-order chi connectivity index (χ1) is 6.31. The highest BCUT2D eigenvalue weighted by Gasteiger charge is 2.79. The number of halogens is 10. The van der Waals surface area contributed by atoms with Gasteiger partial charge in [0, 0.05) is 0 Å². The fraction of sp³-hybridized carbons (Fsp3) is 1.00. The molecule has 0 aliphatic rings. The molecule has 0 spiro atoms. The lowest BCUT2D eigenvalue weighted by atomic mass is 10.1. The lowest BCUT2D eigenvalue weighted by Gasteiger charge is -2.33. The molecule has 0 fully saturated rings. The molecule has 0 heterocycles. The van der Waals surface area contributed by atoms with Crippen LogP contribution in [-0.2, 0) is 0 Å². The lowest BCUT2D eigenvalue weighted by Crippen LogP contribution is -2.60. The number of alkyl halides is 10. The Balaban J connectivity index is 5.38. The van der Waals surface area contributed by atoms with Gasteiger partial charge in [0.15, 0.2) is 6.67 Å². The van der Waals surface area contributed by atoms with Crippen molar-refractivity contribution in [2.75, 3.05) is 6.67 Å². The van der Waals surface area contributed by atoms with E-state index in [1.54, 1.807) is 0 Å². The summed E-state index contributed by atoms with van der Waals surface area (Å²) >= 11 is 7.97. The molecule has 0 aromatic carbocycles. The van der Waals surface area contributed by atoms with Gasteiger partial charge >= 0.3 is 22.4 Å². The summed E-state index contributed by atoms with van der Waals surface area (Å²) in [7, 11) is 0. The van der Waals surface area contributed by atoms with Crippen molar-refractivity contribution in [3.63, 3.8) is 0 Å². The maximum absolute atomic E-state index is 12.4. The first kappa shape index (κ1) is 15.0. The molecule has 0 unspecified atom stereocenters. The van der Waals surface area contributed by atoms with Gasteiger partial charge < -0.3 is 0 Å². The first-order valence-electron chi connectivity index (χ1n) is 3.07. The topological polar surface area (TPSA) is 0 Å². The molecular formula is C5H2Cl2F8. The van der Waals surface area contributed by atoms with E-state index < -0.39 is 29.0 Å². The molecule has 0 radical (unpaired) electrons. The normalized spacial score (nSPS) is 15.6. The third-order valence-electron chi connectivity index (χ3n) is 1.38. The zero-order valence-corrected chi connectivity index (χ0v) is 8.00. The monoisotopic (exact) mass is 284 g/mol. The third kappa shape index (κ3) is 2.25. The van der Waals surface area contributed by atoms with Crippen LogP contribution < -0.4 is 0 Å². The second-order valence-corrected chi connectivity index (χ2v) is 3.72. The van der Waals surface area contributed by atoms with Gasteiger partial charge in [0.05, 0.1) is 0 Å². The molecule has 0 aliphatic carbocycles. The Morgan fingerprint density at radius 3 is 1.27 bits per heavy atom. The Morgan fingerprint density at radius 2 is 1.07 bits per heavy atom. The zero-order chi connectivity index (χ0) is 12.7. The van der Waals surface area contributed by atoms with Crippen LogP contribution in [0.2, 0.25) is 0 Å². The van der Waals surface area contributed by atoms with Gasteiger partial charge in [-0.15, -0.1) is 0 Å². The van der Waals surface area contributed by atoms with Crippen LogP contribution in [0.1, 0.15) is 0 Å². The standard InChI is InChI=1S/C5H2Cl2F8/c6-5(7,15)4(13,14)3(11,12)2(9,10)1-8/h1H2. The van der Waals surface area contributed by atoms with Crippen LogP contribution in [0, 0.1) is 0 Å². The summed E-state index contributed by atoms with van der Waals surface area (Å²) in [6.45, 7) is -3.11. The van der Waals surface area contributed by atoms with E-state index in [1.807, 2.05) is 0 Å². The first-order valence-corrected chi connectivity index (χ1v) is 3.83. The van der Waals surface area contributed by atoms with Crippen molar-refractivity contribution in [1.29, 1.82) is 0 Å². The van der Waals surface area contributed by atoms with Gasteiger partial charge in [0.1, 0.15) is 0 Å². The van der Waals surface area contributed by atoms with Gasteiger partial charge in [-0.2, -0.15) is 26.3 Å². The van der Waals surface area contributed by atoms with Crippen molar-refractivity contribution >= 4 is 23.2 Å². The predicted molar refractivity (Wildman–Crippen MR) is 36.4 cm³/mol. The number of hydrogen-bond acceptors (Lipinski definition) is 0. The van der Waals surface area contributed by atoms with Crippen LogP contribution in [0.25, 0.3) is 0 Å². The fourth-order valence-electron chi connectivity index (χ4n) is 0.492. The lowest BCUT2D eigenvalue weighted by molar-refractivity contribution is -0.324. The van der Waals surface area contributed by atoms with Gasteiger partial charge in [-0.25, -0.2) is 8.78 Å². The maximum atomic E-state index is 12.4. The van der Waals surface area contributed by atoms with E-state index in [0.29, 0.717) is 0 Å². The average molecular weight is 285 g/mol. The van der Waals surface area contributed by atoms with Crippen LogP contribution in [0.3, 0.4) is 0 Å². The Labute approximate surface area is 88.1 Å². The smallest absolute Gasteiger partial charge is 0.244 e. The third-order valence-corrected chi connectivity index (χ3v) is 1.85. The SMILES string of the molecule is FCC(F)(F)C(F)(F)C(F)(F)C(F)(Cl)Cl. The van der Waals surface area contributed by atoms with Crippen LogP contribution in [0.15, 0.2) is 0 Å². The molecule has 92 valence electrons. The van der Waals surface area contributed by atoms with Crippen molar-refractivity contribution < 1.29 is 35.1 Å². The van der Waals surface area contributed by atoms with Crippen LogP contribution >= 0.6 is 23.2 Å². The second-order valence-electron chi connectivity index (χ2n) is 2.48. The molecule has 0 N–H and O–H groups in total. The maximum Gasteiger partial charge on any atom is 0.380 e. The molecule has 0 saturated carbocycles. The Morgan fingerprint density at radius 1 is 0.733 bits per heavy atom. The molecule has 0 aromatic rings. The van der Waals surface area contributed by atoms with Crippen molar-refractivity contribution in [3.8, 4) is 0 Å². The molecule has 15 heavy (non-hydrogen) atoms. The van der Waals surface area contributed by atoms with Crippen LogP contribution in [0.5, 0.6) is 0 Å². The summed E-state index contributed by atoms with van der Waals surface area (Å²) in [6.07, 6.45) is 0. The number of rotatable bonds is 4. The van der Waals surface area contributed by atoms with Gasteiger partial charge in [0.25, 0.3) is 0 Å². The van der Waals surface area contributed by atoms with E-state index >= 15 is 0 Å². The molecule has 0 rings (SSSR count). The minimum absolute atomic E-state index is 3.11. The van der Waals surface area contributed by atoms with E-state index in [0.717, 1.165) is 0 Å². The summed E-state index contributed by atoms with van der Waals surface area (Å²) in [5, 5.41) is 0. The summed E-state index contributed by atoms with van der Waals surface area (Å²) in [4.78, 5) is 0. The van der Waals surface area contributed by atoms with Crippen molar-refractivity contribution in [2.45, 2.75) is 22.4 Å². The molecule has 0 amide bonds. The largest absolute Gasteiger partial charge is 0.380 e. The van der Waals surface area contributed by atoms with E-state index in [4.69, 9.17) is 0 Å². The second kappa shape index (κ2) is 3.80. The molecule has 0 bridgehead atoms. The molecule has 0 saturated heterocycles. The van der Waals surface area contributed by atoms with E-state index in [1.165, 1.54) is 0 Å². The number of hydrogen-bond donors (Lipinski definition) is 0. The highest BCUT2D eigenvalue weighted by molar-refractivity contribution is 6.47. The van der Waals surface area contributed by atoms with E-state index in [9.17, 15) is 35.1 Å². The summed E-state index contributed by atoms with van der Waals surface area (Å²) in [6, 6.07) is 0. The van der Waals surface area contributed by atoms with E-state index in [2.05, 4.69) is 23.2 Å². The Kier molecular flexibility index (Phi) is 3.80. The highest BCUT2D eigenvalue weighted by atomic mass is 35.5. The zero-order valence-electron chi connectivity index (χ0n) is 6.49. The molecule has 10 heteroatoms. The summed E-state index contributed by atoms with van der Waals surface area (Å²) in [5.41, 5.74) is 0. The molecule has 0 aromatic heterocycles. The van der Waals surface area contributed by atoms with Crippen molar-refractivity contribution in [1.82, 2.24) is 0 Å². The van der Waals surface area contributed by atoms with Crippen LogP contribution in [0.4, 0.5) is 35.1 Å². The van der Waals surface area contributed by atoms with Crippen molar-refractivity contribution in [2.24, 2.45) is 0 Å². The average Bonchev–Trinajstić information content (AvgIpc) is 2.01. The Bertz CT molecular complexity index is 232. The molecule has 0 nitrogen and oxygen atoms in total. The fourth-order valence-corrected chi connectivity index (χ4v) is 0.729. The van der Waals surface area contributed by atoms with E-state index in [-0.39, 0.29) is 0 Å². The minimum Gasteiger partial charge on any atom is -0.244 e. The minimum atomic E-state index is -6.35. The van der Waals surface area contributed by atoms with Gasteiger partial charge in [0.2, 0.25) is 0 Å². The molecule has 0 atom stereocenters. The van der Waals surface area contributed by atoms with Gasteiger partial charge in [-0.1, -0.05) is 23.2 Å². The van der Waals surface area contributed by atoms with Gasteiger partial charge in [-0.3, -0.25) is 0 Å². The Hall–Kier alpha value is 0.0200. The summed E-state index contributed by atoms with van der Waals surface area (Å²) in [5.74, 6) is -18.3. The van der Waals surface area contributed by atoms with Crippen LogP contribution in [-0.4, -0.2) is 29.0 Å². The van der Waals surface area contributed by atoms with Crippen molar-refractivity contribution in [3.05, 3.63) is 0 Å².